The molecule has 2 N–H and O–H groups in total. The summed E-state index contributed by atoms with van der Waals surface area (Å²) in [5.74, 6) is -0.248. The molecule has 1 atom stereocenters. The Morgan fingerprint density at radius 3 is 2.23 bits per heavy atom. The van der Waals surface area contributed by atoms with Crippen molar-refractivity contribution in [2.45, 2.75) is 25.1 Å². The molecule has 0 spiro atoms. The van der Waals surface area contributed by atoms with Crippen molar-refractivity contribution in [2.24, 2.45) is 0 Å². The van der Waals surface area contributed by atoms with Crippen molar-refractivity contribution < 1.29 is 18.3 Å². The van der Waals surface area contributed by atoms with Gasteiger partial charge in [-0.25, -0.2) is 0 Å². The Balaban J connectivity index is 2.26. The van der Waals surface area contributed by atoms with Crippen LogP contribution in [-0.4, -0.2) is 42.4 Å². The molecule has 0 amide bonds. The zero-order chi connectivity index (χ0) is 16.3. The second-order valence-corrected chi connectivity index (χ2v) is 6.10. The van der Waals surface area contributed by atoms with E-state index in [2.05, 4.69) is 5.32 Å². The smallest absolute Gasteiger partial charge is 0.389 e. The average Bonchev–Trinajstić information content (AvgIpc) is 2.45. The summed E-state index contributed by atoms with van der Waals surface area (Å²) in [4.78, 5) is 1.99. The number of nitrogens with one attached hydrogen (secondary N) is 1. The van der Waals surface area contributed by atoms with Gasteiger partial charge in [0, 0.05) is 38.6 Å². The lowest BCUT2D eigenvalue weighted by Gasteiger charge is -2.35. The van der Waals surface area contributed by atoms with Gasteiger partial charge in [0.25, 0.3) is 0 Å². The summed E-state index contributed by atoms with van der Waals surface area (Å²) in [6.07, 6.45) is -5.16. The van der Waals surface area contributed by atoms with E-state index in [0.717, 1.165) is 13.1 Å². The molecule has 2 rings (SSSR count). The Hall–Kier alpha value is -0.690. The molecule has 3 nitrogen and oxygen atoms in total. The summed E-state index contributed by atoms with van der Waals surface area (Å²) in [6.45, 7) is 2.75. The first kappa shape index (κ1) is 17.7. The summed E-state index contributed by atoms with van der Waals surface area (Å²) in [6, 6.07) is 2.55. The van der Waals surface area contributed by atoms with Crippen LogP contribution in [0.25, 0.3) is 0 Å². The highest BCUT2D eigenvalue weighted by molar-refractivity contribution is 6.37. The molecular weight excluding hydrogens is 340 g/mol. The van der Waals surface area contributed by atoms with Crippen LogP contribution in [0.5, 0.6) is 5.75 Å². The molecule has 0 unspecified atom stereocenters. The minimum atomic E-state index is -4.21. The molecule has 0 aliphatic carbocycles. The first-order valence-corrected chi connectivity index (χ1v) is 7.73. The number of halogens is 5. The van der Waals surface area contributed by atoms with E-state index in [9.17, 15) is 18.3 Å². The van der Waals surface area contributed by atoms with Gasteiger partial charge in [-0.05, 0) is 24.1 Å². The van der Waals surface area contributed by atoms with E-state index in [0.29, 0.717) is 18.7 Å². The number of hydrogen-bond acceptors (Lipinski definition) is 3. The molecule has 0 aromatic heterocycles. The number of alkyl halides is 3. The van der Waals surface area contributed by atoms with Crippen LogP contribution in [0.4, 0.5) is 13.2 Å². The standard InChI is InChI=1S/C14H17Cl2F3N2O/c15-10-7-9(8-11(16)13(10)22)12(1-2-14(17,18)19)21-5-3-20-4-6-21/h7-8,12,20,22H,1-6H2/t12-/m0/s1. The van der Waals surface area contributed by atoms with E-state index < -0.39 is 18.6 Å². The number of nitrogens with zero attached hydrogens (tertiary/aromatic N) is 1. The van der Waals surface area contributed by atoms with Gasteiger partial charge in [0.2, 0.25) is 0 Å². The lowest BCUT2D eigenvalue weighted by Crippen LogP contribution is -2.45. The molecule has 0 radical (unpaired) electrons. The summed E-state index contributed by atoms with van der Waals surface area (Å²) >= 11 is 11.8. The molecule has 1 heterocycles. The van der Waals surface area contributed by atoms with Crippen LogP contribution in [0.3, 0.4) is 0 Å². The van der Waals surface area contributed by atoms with E-state index in [1.165, 1.54) is 12.1 Å². The highest BCUT2D eigenvalue weighted by Crippen LogP contribution is 2.38. The Kier molecular flexibility index (Phi) is 5.82. The van der Waals surface area contributed by atoms with Gasteiger partial charge in [-0.3, -0.25) is 4.90 Å². The number of phenols is 1. The van der Waals surface area contributed by atoms with Crippen molar-refractivity contribution in [3.63, 3.8) is 0 Å². The molecule has 1 aliphatic heterocycles. The minimum Gasteiger partial charge on any atom is -0.505 e. The van der Waals surface area contributed by atoms with E-state index in [-0.39, 0.29) is 22.2 Å². The van der Waals surface area contributed by atoms with Crippen molar-refractivity contribution in [3.05, 3.63) is 27.7 Å². The topological polar surface area (TPSA) is 35.5 Å². The molecule has 124 valence electrons. The molecule has 22 heavy (non-hydrogen) atoms. The van der Waals surface area contributed by atoms with Crippen LogP contribution in [0.15, 0.2) is 12.1 Å². The summed E-state index contributed by atoms with van der Waals surface area (Å²) in [5, 5.41) is 12.9. The predicted molar refractivity (Wildman–Crippen MR) is 80.6 cm³/mol. The fourth-order valence-corrected chi connectivity index (χ4v) is 3.14. The van der Waals surface area contributed by atoms with Crippen LogP contribution in [-0.2, 0) is 0 Å². The van der Waals surface area contributed by atoms with Crippen LogP contribution in [0.2, 0.25) is 10.0 Å². The largest absolute Gasteiger partial charge is 0.505 e. The SMILES string of the molecule is Oc1c(Cl)cc([C@H](CCC(F)(F)F)N2CCNCC2)cc1Cl. The predicted octanol–water partition coefficient (Wildman–Crippen LogP) is 3.99. The van der Waals surface area contributed by atoms with E-state index >= 15 is 0 Å². The van der Waals surface area contributed by atoms with Crippen LogP contribution in [0.1, 0.15) is 24.4 Å². The maximum Gasteiger partial charge on any atom is 0.389 e. The summed E-state index contributed by atoms with van der Waals surface area (Å²) in [5.41, 5.74) is 0.596. The Morgan fingerprint density at radius 2 is 1.73 bits per heavy atom. The zero-order valence-electron chi connectivity index (χ0n) is 11.8. The molecule has 0 saturated carbocycles. The van der Waals surface area contributed by atoms with Crippen molar-refractivity contribution in [2.75, 3.05) is 26.2 Å². The third-order valence-corrected chi connectivity index (χ3v) is 4.29. The monoisotopic (exact) mass is 356 g/mol. The van der Waals surface area contributed by atoms with Gasteiger partial charge in [0.15, 0.2) is 5.75 Å². The normalized spacial score (nSPS) is 18.4. The summed E-state index contributed by atoms with van der Waals surface area (Å²) < 4.78 is 37.8. The minimum absolute atomic E-state index is 0.0506. The van der Waals surface area contributed by atoms with Gasteiger partial charge in [0.1, 0.15) is 0 Å². The summed E-state index contributed by atoms with van der Waals surface area (Å²) in [7, 11) is 0. The molecule has 1 aromatic carbocycles. The molecule has 1 saturated heterocycles. The highest BCUT2D eigenvalue weighted by atomic mass is 35.5. The second-order valence-electron chi connectivity index (χ2n) is 5.29. The van der Waals surface area contributed by atoms with E-state index in [4.69, 9.17) is 23.2 Å². The van der Waals surface area contributed by atoms with Crippen molar-refractivity contribution in [1.82, 2.24) is 10.2 Å². The van der Waals surface area contributed by atoms with Crippen molar-refractivity contribution in [3.8, 4) is 5.75 Å². The number of piperazine rings is 1. The number of aromatic hydroxyl groups is 1. The molecule has 1 fully saturated rings. The number of benzene rings is 1. The van der Waals surface area contributed by atoms with E-state index in [1.807, 2.05) is 4.90 Å². The van der Waals surface area contributed by atoms with Gasteiger partial charge < -0.3 is 10.4 Å². The van der Waals surface area contributed by atoms with Crippen molar-refractivity contribution >= 4 is 23.2 Å². The van der Waals surface area contributed by atoms with Crippen LogP contribution in [0, 0.1) is 0 Å². The van der Waals surface area contributed by atoms with Gasteiger partial charge in [-0.15, -0.1) is 0 Å². The number of phenolic OH excluding ortho intramolecular Hbond substituents is 1. The molecule has 1 aromatic rings. The third-order valence-electron chi connectivity index (χ3n) is 3.72. The third kappa shape index (κ3) is 4.65. The first-order chi connectivity index (χ1) is 10.3. The zero-order valence-corrected chi connectivity index (χ0v) is 13.3. The Morgan fingerprint density at radius 1 is 1.18 bits per heavy atom. The Bertz CT molecular complexity index is 496. The Labute approximate surface area is 137 Å². The first-order valence-electron chi connectivity index (χ1n) is 6.97. The van der Waals surface area contributed by atoms with Gasteiger partial charge in [-0.1, -0.05) is 23.2 Å². The maximum absolute atomic E-state index is 12.6. The average molecular weight is 357 g/mol. The van der Waals surface area contributed by atoms with Gasteiger partial charge in [-0.2, -0.15) is 13.2 Å². The molecule has 1 aliphatic rings. The quantitative estimate of drug-likeness (QED) is 0.856. The molecular formula is C14H17Cl2F3N2O. The second kappa shape index (κ2) is 7.25. The number of rotatable bonds is 4. The number of hydrogen-bond donors (Lipinski definition) is 2. The van der Waals surface area contributed by atoms with Gasteiger partial charge >= 0.3 is 6.18 Å². The van der Waals surface area contributed by atoms with Gasteiger partial charge in [0.05, 0.1) is 10.0 Å². The van der Waals surface area contributed by atoms with Crippen LogP contribution < -0.4 is 5.32 Å². The van der Waals surface area contributed by atoms with Crippen LogP contribution >= 0.6 is 23.2 Å². The lowest BCUT2D eigenvalue weighted by molar-refractivity contribution is -0.138. The maximum atomic E-state index is 12.6. The molecule has 0 bridgehead atoms. The fraction of sp³-hybridized carbons (Fsp3) is 0.571. The highest BCUT2D eigenvalue weighted by Gasteiger charge is 2.31. The lowest BCUT2D eigenvalue weighted by atomic mass is 9.99. The van der Waals surface area contributed by atoms with Crippen molar-refractivity contribution in [1.29, 1.82) is 0 Å². The molecule has 8 heteroatoms. The fourth-order valence-electron chi connectivity index (χ4n) is 2.63. The van der Waals surface area contributed by atoms with E-state index in [1.54, 1.807) is 0 Å².